The zero-order chi connectivity index (χ0) is 22.6. The van der Waals surface area contributed by atoms with Crippen LogP contribution in [-0.2, 0) is 17.8 Å². The SMILES string of the molecule is COCCCN(Cc1cccn1Cc1cccc(OC)c1)C[C@@H](O)COc1ccccc1. The maximum absolute atomic E-state index is 10.6. The van der Waals surface area contributed by atoms with Gasteiger partial charge in [0.2, 0.25) is 0 Å². The molecule has 172 valence electrons. The normalized spacial score (nSPS) is 12.1. The molecule has 1 aromatic heterocycles. The smallest absolute Gasteiger partial charge is 0.119 e. The summed E-state index contributed by atoms with van der Waals surface area (Å²) >= 11 is 0. The van der Waals surface area contributed by atoms with E-state index in [1.54, 1.807) is 14.2 Å². The summed E-state index contributed by atoms with van der Waals surface area (Å²) in [5, 5.41) is 10.6. The molecule has 0 saturated carbocycles. The number of aromatic nitrogens is 1. The van der Waals surface area contributed by atoms with Crippen LogP contribution in [0.15, 0.2) is 72.9 Å². The van der Waals surface area contributed by atoms with Gasteiger partial charge in [-0.1, -0.05) is 30.3 Å². The fraction of sp³-hybridized carbons (Fsp3) is 0.385. The number of aliphatic hydroxyl groups is 1. The summed E-state index contributed by atoms with van der Waals surface area (Å²) in [6.45, 7) is 3.82. The summed E-state index contributed by atoms with van der Waals surface area (Å²) in [7, 11) is 3.40. The van der Waals surface area contributed by atoms with Crippen LogP contribution >= 0.6 is 0 Å². The molecule has 3 aromatic rings. The van der Waals surface area contributed by atoms with Crippen LogP contribution in [0.4, 0.5) is 0 Å². The second-order valence-corrected chi connectivity index (χ2v) is 7.84. The van der Waals surface area contributed by atoms with Crippen LogP contribution in [0.3, 0.4) is 0 Å². The van der Waals surface area contributed by atoms with E-state index in [4.69, 9.17) is 14.2 Å². The predicted octanol–water partition coefficient (Wildman–Crippen LogP) is 3.82. The Bertz CT molecular complexity index is 913. The van der Waals surface area contributed by atoms with E-state index in [1.807, 2.05) is 42.5 Å². The van der Waals surface area contributed by atoms with E-state index < -0.39 is 6.10 Å². The third kappa shape index (κ3) is 7.71. The van der Waals surface area contributed by atoms with Gasteiger partial charge in [0.1, 0.15) is 24.2 Å². The molecule has 3 rings (SSSR count). The van der Waals surface area contributed by atoms with Crippen LogP contribution in [0.1, 0.15) is 17.7 Å². The monoisotopic (exact) mass is 438 g/mol. The molecule has 0 aliphatic rings. The summed E-state index contributed by atoms with van der Waals surface area (Å²) in [6.07, 6.45) is 2.41. The highest BCUT2D eigenvalue weighted by molar-refractivity contribution is 5.29. The Morgan fingerprint density at radius 2 is 1.78 bits per heavy atom. The highest BCUT2D eigenvalue weighted by atomic mass is 16.5. The highest BCUT2D eigenvalue weighted by Gasteiger charge is 2.15. The van der Waals surface area contributed by atoms with Gasteiger partial charge in [-0.2, -0.15) is 0 Å². The lowest BCUT2D eigenvalue weighted by atomic mass is 10.2. The summed E-state index contributed by atoms with van der Waals surface area (Å²) in [4.78, 5) is 2.26. The Hall–Kier alpha value is -2.80. The third-order valence-electron chi connectivity index (χ3n) is 5.27. The van der Waals surface area contributed by atoms with Crippen molar-refractivity contribution in [3.05, 3.63) is 84.2 Å². The predicted molar refractivity (Wildman–Crippen MR) is 126 cm³/mol. The number of hydrogen-bond acceptors (Lipinski definition) is 5. The van der Waals surface area contributed by atoms with Gasteiger partial charge in [0.15, 0.2) is 0 Å². The van der Waals surface area contributed by atoms with E-state index in [0.29, 0.717) is 13.2 Å². The topological polar surface area (TPSA) is 56.1 Å². The zero-order valence-corrected chi connectivity index (χ0v) is 19.0. The molecule has 2 aromatic carbocycles. The molecular weight excluding hydrogens is 404 g/mol. The van der Waals surface area contributed by atoms with Crippen molar-refractivity contribution in [2.24, 2.45) is 0 Å². The Morgan fingerprint density at radius 3 is 2.56 bits per heavy atom. The Balaban J connectivity index is 1.61. The lowest BCUT2D eigenvalue weighted by Gasteiger charge is -2.26. The molecular formula is C26H34N2O4. The average molecular weight is 439 g/mol. The number of para-hydroxylation sites is 1. The van der Waals surface area contributed by atoms with Gasteiger partial charge in [0.25, 0.3) is 0 Å². The van der Waals surface area contributed by atoms with Gasteiger partial charge in [-0.25, -0.2) is 0 Å². The second-order valence-electron chi connectivity index (χ2n) is 7.84. The molecule has 0 fully saturated rings. The number of aliphatic hydroxyl groups excluding tert-OH is 1. The molecule has 0 saturated heterocycles. The molecule has 0 spiro atoms. The lowest BCUT2D eigenvalue weighted by molar-refractivity contribution is 0.0610. The van der Waals surface area contributed by atoms with Crippen LogP contribution in [0, 0.1) is 0 Å². The largest absolute Gasteiger partial charge is 0.497 e. The molecule has 1 heterocycles. The minimum Gasteiger partial charge on any atom is -0.497 e. The maximum atomic E-state index is 10.6. The molecule has 6 nitrogen and oxygen atoms in total. The number of hydrogen-bond donors (Lipinski definition) is 1. The van der Waals surface area contributed by atoms with Gasteiger partial charge in [0, 0.05) is 51.8 Å². The molecule has 0 unspecified atom stereocenters. The Morgan fingerprint density at radius 1 is 0.969 bits per heavy atom. The minimum atomic E-state index is -0.584. The first-order chi connectivity index (χ1) is 15.7. The van der Waals surface area contributed by atoms with Crippen molar-refractivity contribution in [1.82, 2.24) is 9.47 Å². The van der Waals surface area contributed by atoms with Crippen molar-refractivity contribution >= 4 is 0 Å². The fourth-order valence-corrected chi connectivity index (χ4v) is 3.67. The quantitative estimate of drug-likeness (QED) is 0.388. The minimum absolute atomic E-state index is 0.260. The first-order valence-electron chi connectivity index (χ1n) is 11.0. The van der Waals surface area contributed by atoms with Crippen LogP contribution in [-0.4, -0.2) is 61.2 Å². The van der Waals surface area contributed by atoms with Gasteiger partial charge in [-0.15, -0.1) is 0 Å². The van der Waals surface area contributed by atoms with E-state index >= 15 is 0 Å². The standard InChI is InChI=1S/C26H34N2O4/c1-30-16-8-14-27(20-24(29)21-32-25-11-4-3-5-12-25)19-23-10-7-15-28(23)18-22-9-6-13-26(17-22)31-2/h3-7,9-13,15,17,24,29H,8,14,16,18-21H2,1-2H3/t24-/m1/s1. The van der Waals surface area contributed by atoms with E-state index in [2.05, 4.69) is 39.9 Å². The van der Waals surface area contributed by atoms with Crippen LogP contribution < -0.4 is 9.47 Å². The second kappa shape index (κ2) is 12.9. The number of methoxy groups -OCH3 is 2. The number of rotatable bonds is 14. The molecule has 32 heavy (non-hydrogen) atoms. The Kier molecular flexibility index (Phi) is 9.62. The van der Waals surface area contributed by atoms with Gasteiger partial charge in [0.05, 0.1) is 7.11 Å². The first-order valence-corrected chi connectivity index (χ1v) is 11.0. The van der Waals surface area contributed by atoms with E-state index in [1.165, 1.54) is 11.3 Å². The molecule has 0 radical (unpaired) electrons. The zero-order valence-electron chi connectivity index (χ0n) is 19.0. The number of ether oxygens (including phenoxy) is 3. The lowest BCUT2D eigenvalue weighted by Crippen LogP contribution is -2.36. The van der Waals surface area contributed by atoms with Gasteiger partial charge in [-0.05, 0) is 48.4 Å². The molecule has 0 aliphatic heterocycles. The van der Waals surface area contributed by atoms with Crippen LogP contribution in [0.5, 0.6) is 11.5 Å². The number of nitrogens with zero attached hydrogens (tertiary/aromatic N) is 2. The molecule has 0 bridgehead atoms. The van der Waals surface area contributed by atoms with Crippen molar-refractivity contribution in [3.63, 3.8) is 0 Å². The van der Waals surface area contributed by atoms with Crippen molar-refractivity contribution in [1.29, 1.82) is 0 Å². The van der Waals surface area contributed by atoms with Crippen molar-refractivity contribution in [3.8, 4) is 11.5 Å². The molecule has 1 N–H and O–H groups in total. The van der Waals surface area contributed by atoms with Gasteiger partial charge >= 0.3 is 0 Å². The molecule has 0 amide bonds. The van der Waals surface area contributed by atoms with Gasteiger partial charge < -0.3 is 23.9 Å². The Labute approximate surface area is 191 Å². The first kappa shape index (κ1) is 23.9. The summed E-state index contributed by atoms with van der Waals surface area (Å²) in [5.41, 5.74) is 2.38. The number of benzene rings is 2. The molecule has 6 heteroatoms. The van der Waals surface area contributed by atoms with Crippen molar-refractivity contribution in [2.75, 3.05) is 40.5 Å². The molecule has 0 aliphatic carbocycles. The summed E-state index contributed by atoms with van der Waals surface area (Å²) in [6, 6.07) is 21.9. The summed E-state index contributed by atoms with van der Waals surface area (Å²) in [5.74, 6) is 1.63. The van der Waals surface area contributed by atoms with Crippen LogP contribution in [0.2, 0.25) is 0 Å². The highest BCUT2D eigenvalue weighted by Crippen LogP contribution is 2.16. The maximum Gasteiger partial charge on any atom is 0.119 e. The fourth-order valence-electron chi connectivity index (χ4n) is 3.67. The van der Waals surface area contributed by atoms with Crippen molar-refractivity contribution < 1.29 is 19.3 Å². The third-order valence-corrected chi connectivity index (χ3v) is 5.27. The molecule has 1 atom stereocenters. The van der Waals surface area contributed by atoms with Gasteiger partial charge in [-0.3, -0.25) is 4.90 Å². The van der Waals surface area contributed by atoms with Crippen molar-refractivity contribution in [2.45, 2.75) is 25.6 Å². The average Bonchev–Trinajstić information content (AvgIpc) is 3.25. The van der Waals surface area contributed by atoms with Crippen LogP contribution in [0.25, 0.3) is 0 Å². The van der Waals surface area contributed by atoms with E-state index in [9.17, 15) is 5.11 Å². The summed E-state index contributed by atoms with van der Waals surface area (Å²) < 4.78 is 18.6. The van der Waals surface area contributed by atoms with E-state index in [-0.39, 0.29) is 6.61 Å². The van der Waals surface area contributed by atoms with E-state index in [0.717, 1.165) is 37.6 Å².